The van der Waals surface area contributed by atoms with Crippen LogP contribution in [0.25, 0.3) is 0 Å². The van der Waals surface area contributed by atoms with E-state index >= 15 is 0 Å². The van der Waals surface area contributed by atoms with E-state index in [1.165, 1.54) is 4.90 Å². The zero-order valence-corrected chi connectivity index (χ0v) is 16.4. The number of halogens is 3. The zero-order valence-electron chi connectivity index (χ0n) is 16.4. The lowest BCUT2D eigenvalue weighted by atomic mass is 10.1. The van der Waals surface area contributed by atoms with Crippen molar-refractivity contribution in [3.05, 3.63) is 59.8 Å². The maximum atomic E-state index is 13.3. The number of ether oxygens (including phenoxy) is 1. The van der Waals surface area contributed by atoms with Crippen molar-refractivity contribution in [3.63, 3.8) is 0 Å². The number of hydrogen-bond acceptors (Lipinski definition) is 6. The number of aromatic nitrogens is 4. The van der Waals surface area contributed by atoms with Gasteiger partial charge in [-0.2, -0.15) is 18.2 Å². The fourth-order valence-electron chi connectivity index (χ4n) is 2.75. The molecule has 1 unspecified atom stereocenters. The summed E-state index contributed by atoms with van der Waals surface area (Å²) in [5.74, 6) is 1.26. The quantitative estimate of drug-likeness (QED) is 0.676. The van der Waals surface area contributed by atoms with E-state index in [-0.39, 0.29) is 11.8 Å². The maximum Gasteiger partial charge on any atom is 0.433 e. The summed E-state index contributed by atoms with van der Waals surface area (Å²) in [7, 11) is 6.60. The van der Waals surface area contributed by atoms with Gasteiger partial charge in [-0.1, -0.05) is 12.1 Å². The molecule has 29 heavy (non-hydrogen) atoms. The molecule has 1 aromatic carbocycles. The minimum Gasteiger partial charge on any atom is -0.497 e. The third-order valence-electron chi connectivity index (χ3n) is 4.30. The summed E-state index contributed by atoms with van der Waals surface area (Å²) in [5.41, 5.74) is -0.250. The van der Waals surface area contributed by atoms with E-state index in [0.29, 0.717) is 11.6 Å². The van der Waals surface area contributed by atoms with E-state index in [9.17, 15) is 13.2 Å². The standard InChI is InChI=1S/C19H21F3N6O/c1-27(2)15-11-14(19(20,21)22)24-18(25-15)26-16(17-23-9-10-28(17)3)12-5-7-13(29-4)8-6-12/h5-11,16H,1-4H3,(H,24,25,26). The summed E-state index contributed by atoms with van der Waals surface area (Å²) in [6.45, 7) is 0. The van der Waals surface area contributed by atoms with Crippen molar-refractivity contribution in [1.29, 1.82) is 0 Å². The summed E-state index contributed by atoms with van der Waals surface area (Å²) in [6, 6.07) is 7.50. The molecular weight excluding hydrogens is 385 g/mol. The van der Waals surface area contributed by atoms with Gasteiger partial charge in [0.1, 0.15) is 23.4 Å². The number of alkyl halides is 3. The van der Waals surface area contributed by atoms with E-state index in [4.69, 9.17) is 4.74 Å². The van der Waals surface area contributed by atoms with Gasteiger partial charge in [0, 0.05) is 39.6 Å². The maximum absolute atomic E-state index is 13.3. The summed E-state index contributed by atoms with van der Waals surface area (Å²) in [6.07, 6.45) is -1.22. The smallest absolute Gasteiger partial charge is 0.433 e. The Labute approximate surface area is 166 Å². The van der Waals surface area contributed by atoms with E-state index in [2.05, 4.69) is 20.3 Å². The number of anilines is 2. The van der Waals surface area contributed by atoms with Gasteiger partial charge in [0.25, 0.3) is 0 Å². The molecule has 2 heterocycles. The average molecular weight is 406 g/mol. The largest absolute Gasteiger partial charge is 0.497 e. The Kier molecular flexibility index (Phi) is 5.62. The van der Waals surface area contributed by atoms with Gasteiger partial charge >= 0.3 is 6.18 Å². The van der Waals surface area contributed by atoms with Gasteiger partial charge in [0.05, 0.1) is 7.11 Å². The van der Waals surface area contributed by atoms with E-state index < -0.39 is 17.9 Å². The predicted octanol–water partition coefficient (Wildman–Crippen LogP) is 3.51. The Morgan fingerprint density at radius 3 is 2.34 bits per heavy atom. The second-order valence-corrected chi connectivity index (χ2v) is 6.57. The number of hydrogen-bond donors (Lipinski definition) is 1. The number of aryl methyl sites for hydroxylation is 1. The van der Waals surface area contributed by atoms with E-state index in [0.717, 1.165) is 11.6 Å². The van der Waals surface area contributed by atoms with Crippen molar-refractivity contribution in [1.82, 2.24) is 19.5 Å². The number of benzene rings is 1. The van der Waals surface area contributed by atoms with E-state index in [1.807, 2.05) is 12.1 Å². The Bertz CT molecular complexity index is 969. The van der Waals surface area contributed by atoms with Gasteiger partial charge in [0.15, 0.2) is 5.69 Å². The first-order valence-electron chi connectivity index (χ1n) is 8.70. The Hall–Kier alpha value is -3.30. The van der Waals surface area contributed by atoms with Crippen LogP contribution in [-0.2, 0) is 13.2 Å². The normalized spacial score (nSPS) is 12.5. The lowest BCUT2D eigenvalue weighted by Crippen LogP contribution is -2.21. The molecule has 0 amide bonds. The molecule has 0 spiro atoms. The molecule has 0 aliphatic heterocycles. The molecular formula is C19H21F3N6O. The predicted molar refractivity (Wildman–Crippen MR) is 103 cm³/mol. The summed E-state index contributed by atoms with van der Waals surface area (Å²) in [5, 5.41) is 3.01. The van der Waals surface area contributed by atoms with Gasteiger partial charge in [-0.05, 0) is 17.7 Å². The van der Waals surface area contributed by atoms with Crippen LogP contribution in [0, 0.1) is 0 Å². The van der Waals surface area contributed by atoms with Gasteiger partial charge in [-0.3, -0.25) is 0 Å². The Morgan fingerprint density at radius 1 is 1.14 bits per heavy atom. The third-order valence-corrected chi connectivity index (χ3v) is 4.30. The van der Waals surface area contributed by atoms with Crippen LogP contribution in [0.2, 0.25) is 0 Å². The topological polar surface area (TPSA) is 68.1 Å². The molecule has 7 nitrogen and oxygen atoms in total. The molecule has 1 atom stereocenters. The molecule has 3 aromatic rings. The molecule has 0 aliphatic carbocycles. The minimum absolute atomic E-state index is 0.142. The van der Waals surface area contributed by atoms with Crippen molar-refractivity contribution >= 4 is 11.8 Å². The third kappa shape index (κ3) is 4.58. The fraction of sp³-hybridized carbons (Fsp3) is 0.316. The minimum atomic E-state index is -4.59. The second-order valence-electron chi connectivity index (χ2n) is 6.57. The van der Waals surface area contributed by atoms with Crippen LogP contribution in [0.15, 0.2) is 42.7 Å². The monoisotopic (exact) mass is 406 g/mol. The number of imidazole rings is 1. The Morgan fingerprint density at radius 2 is 1.83 bits per heavy atom. The van der Waals surface area contributed by atoms with Crippen LogP contribution in [0.4, 0.5) is 24.9 Å². The van der Waals surface area contributed by atoms with Crippen LogP contribution in [0.1, 0.15) is 23.1 Å². The second kappa shape index (κ2) is 7.98. The average Bonchev–Trinajstić information content (AvgIpc) is 3.11. The molecule has 1 N–H and O–H groups in total. The van der Waals surface area contributed by atoms with Gasteiger partial charge in [-0.25, -0.2) is 9.97 Å². The zero-order chi connectivity index (χ0) is 21.2. The first-order valence-corrected chi connectivity index (χ1v) is 8.70. The molecule has 0 saturated heterocycles. The van der Waals surface area contributed by atoms with Crippen LogP contribution in [0.3, 0.4) is 0 Å². The molecule has 0 aliphatic rings. The van der Waals surface area contributed by atoms with Crippen LogP contribution < -0.4 is 15.0 Å². The van der Waals surface area contributed by atoms with Crippen molar-refractivity contribution < 1.29 is 17.9 Å². The summed E-state index contributed by atoms with van der Waals surface area (Å²) < 4.78 is 46.9. The highest BCUT2D eigenvalue weighted by molar-refractivity contribution is 5.47. The highest BCUT2D eigenvalue weighted by Gasteiger charge is 2.34. The van der Waals surface area contributed by atoms with Gasteiger partial charge < -0.3 is 19.5 Å². The van der Waals surface area contributed by atoms with Crippen LogP contribution in [-0.4, -0.2) is 40.7 Å². The van der Waals surface area contributed by atoms with Crippen molar-refractivity contribution in [2.75, 3.05) is 31.4 Å². The molecule has 2 aromatic heterocycles. The van der Waals surface area contributed by atoms with Gasteiger partial charge in [-0.15, -0.1) is 0 Å². The van der Waals surface area contributed by atoms with Crippen LogP contribution >= 0.6 is 0 Å². The van der Waals surface area contributed by atoms with Crippen molar-refractivity contribution in [2.24, 2.45) is 7.05 Å². The van der Waals surface area contributed by atoms with E-state index in [1.54, 1.807) is 57.3 Å². The highest BCUT2D eigenvalue weighted by atomic mass is 19.4. The van der Waals surface area contributed by atoms with Crippen LogP contribution in [0.5, 0.6) is 5.75 Å². The Balaban J connectivity index is 2.06. The number of rotatable bonds is 6. The van der Waals surface area contributed by atoms with Crippen molar-refractivity contribution in [3.8, 4) is 5.75 Å². The molecule has 0 fully saturated rings. The molecule has 10 heteroatoms. The first kappa shape index (κ1) is 20.4. The fourth-order valence-corrected chi connectivity index (χ4v) is 2.75. The molecule has 154 valence electrons. The first-order chi connectivity index (χ1) is 13.7. The molecule has 0 saturated carbocycles. The SMILES string of the molecule is COc1ccc(C(Nc2nc(N(C)C)cc(C(F)(F)F)n2)c2nccn2C)cc1. The lowest BCUT2D eigenvalue weighted by molar-refractivity contribution is -0.141. The molecule has 0 bridgehead atoms. The number of methoxy groups -OCH3 is 1. The number of nitrogens with zero attached hydrogens (tertiary/aromatic N) is 5. The lowest BCUT2D eigenvalue weighted by Gasteiger charge is -2.21. The molecule has 0 radical (unpaired) electrons. The summed E-state index contributed by atoms with van der Waals surface area (Å²) >= 11 is 0. The molecule has 3 rings (SSSR count). The van der Waals surface area contributed by atoms with Crippen molar-refractivity contribution in [2.45, 2.75) is 12.2 Å². The number of nitrogens with one attached hydrogen (secondary N) is 1. The van der Waals surface area contributed by atoms with Gasteiger partial charge in [0.2, 0.25) is 5.95 Å². The summed E-state index contributed by atoms with van der Waals surface area (Å²) in [4.78, 5) is 13.7. The highest BCUT2D eigenvalue weighted by Crippen LogP contribution is 2.32.